The second kappa shape index (κ2) is 7.90. The molecule has 0 spiro atoms. The van der Waals surface area contributed by atoms with Gasteiger partial charge in [0.25, 0.3) is 0 Å². The van der Waals surface area contributed by atoms with Gasteiger partial charge in [0.2, 0.25) is 5.91 Å². The van der Waals surface area contributed by atoms with Gasteiger partial charge in [0, 0.05) is 25.9 Å². The molecule has 0 atom stereocenters. The van der Waals surface area contributed by atoms with Crippen molar-refractivity contribution in [3.63, 3.8) is 0 Å². The molecule has 0 unspecified atom stereocenters. The highest BCUT2D eigenvalue weighted by Crippen LogP contribution is 2.00. The number of hydrogen-bond acceptors (Lipinski definition) is 4. The van der Waals surface area contributed by atoms with Gasteiger partial charge >= 0.3 is 0 Å². The van der Waals surface area contributed by atoms with Crippen molar-refractivity contribution in [2.45, 2.75) is 6.42 Å². The van der Waals surface area contributed by atoms with E-state index in [-0.39, 0.29) is 5.91 Å². The Kier molecular flexibility index (Phi) is 7.45. The molecule has 0 heterocycles. The predicted octanol–water partition coefficient (Wildman–Crippen LogP) is 0.0504. The second-order valence-corrected chi connectivity index (χ2v) is 3.67. The summed E-state index contributed by atoms with van der Waals surface area (Å²) in [5, 5.41) is 8.30. The van der Waals surface area contributed by atoms with Crippen LogP contribution in [0.25, 0.3) is 0 Å². The van der Waals surface area contributed by atoms with Crippen LogP contribution < -0.4 is 5.73 Å². The number of nitrogens with two attached hydrogens (primary N) is 1. The smallest absolute Gasteiger partial charge is 0.232 e. The Hall–Kier alpha value is -0.730. The maximum atomic E-state index is 11.3. The second-order valence-electron chi connectivity index (χ2n) is 2.56. The maximum Gasteiger partial charge on any atom is 0.232 e. The zero-order chi connectivity index (χ0) is 10.1. The number of rotatable bonds is 6. The van der Waals surface area contributed by atoms with Crippen molar-refractivity contribution in [3.05, 3.63) is 0 Å². The van der Waals surface area contributed by atoms with Gasteiger partial charge in [-0.15, -0.1) is 0 Å². The molecule has 4 nitrogen and oxygen atoms in total. The SMILES string of the molecule is CN(CCC#N)C(=O)CSCCN. The normalized spacial score (nSPS) is 9.31. The molecule has 0 fully saturated rings. The van der Waals surface area contributed by atoms with Gasteiger partial charge in [-0.25, -0.2) is 0 Å². The van der Waals surface area contributed by atoms with Crippen LogP contribution in [0.1, 0.15) is 6.42 Å². The number of carbonyl (C=O) groups excluding carboxylic acids is 1. The first-order valence-corrected chi connectivity index (χ1v) is 5.26. The largest absolute Gasteiger partial charge is 0.344 e. The maximum absolute atomic E-state index is 11.3. The Morgan fingerprint density at radius 2 is 2.38 bits per heavy atom. The molecule has 0 aliphatic carbocycles. The summed E-state index contributed by atoms with van der Waals surface area (Å²) in [5.74, 6) is 1.32. The average molecular weight is 201 g/mol. The molecule has 0 saturated heterocycles. The number of carbonyl (C=O) groups is 1. The zero-order valence-electron chi connectivity index (χ0n) is 7.82. The van der Waals surface area contributed by atoms with Crippen LogP contribution in [0.4, 0.5) is 0 Å². The molecule has 0 aliphatic heterocycles. The molecule has 13 heavy (non-hydrogen) atoms. The third-order valence-electron chi connectivity index (χ3n) is 1.47. The lowest BCUT2D eigenvalue weighted by Crippen LogP contribution is -2.29. The van der Waals surface area contributed by atoms with Gasteiger partial charge in [-0.1, -0.05) is 0 Å². The van der Waals surface area contributed by atoms with Gasteiger partial charge in [-0.05, 0) is 0 Å². The fourth-order valence-corrected chi connectivity index (χ4v) is 1.40. The summed E-state index contributed by atoms with van der Waals surface area (Å²) in [4.78, 5) is 12.9. The predicted molar refractivity (Wildman–Crippen MR) is 54.2 cm³/mol. The standard InChI is InChI=1S/C8H15N3OS/c1-11(5-2-3-9)8(12)7-13-6-4-10/h2,4-7,10H2,1H3. The highest BCUT2D eigenvalue weighted by atomic mass is 32.2. The van der Waals surface area contributed by atoms with Crippen LogP contribution in [0.5, 0.6) is 0 Å². The monoisotopic (exact) mass is 201 g/mol. The summed E-state index contributed by atoms with van der Waals surface area (Å²) < 4.78 is 0. The molecule has 1 amide bonds. The summed E-state index contributed by atoms with van der Waals surface area (Å²) in [6.45, 7) is 1.11. The molecule has 5 heteroatoms. The van der Waals surface area contributed by atoms with Crippen molar-refractivity contribution in [2.75, 3.05) is 31.6 Å². The quantitative estimate of drug-likeness (QED) is 0.616. The Morgan fingerprint density at radius 3 is 2.92 bits per heavy atom. The van der Waals surface area contributed by atoms with E-state index < -0.39 is 0 Å². The van der Waals surface area contributed by atoms with E-state index in [1.165, 1.54) is 11.8 Å². The highest BCUT2D eigenvalue weighted by Gasteiger charge is 2.06. The number of amides is 1. The minimum Gasteiger partial charge on any atom is -0.344 e. The lowest BCUT2D eigenvalue weighted by molar-refractivity contribution is -0.127. The van der Waals surface area contributed by atoms with Crippen LogP contribution in [0, 0.1) is 11.3 Å². The molecule has 0 saturated carbocycles. The number of nitrogens with zero attached hydrogens (tertiary/aromatic N) is 2. The van der Waals surface area contributed by atoms with Gasteiger partial charge < -0.3 is 10.6 Å². The Bertz CT molecular complexity index is 190. The molecule has 0 aliphatic rings. The van der Waals surface area contributed by atoms with E-state index >= 15 is 0 Å². The molecule has 0 aromatic carbocycles. The summed E-state index contributed by atoms with van der Waals surface area (Å²) in [7, 11) is 1.71. The number of hydrogen-bond donors (Lipinski definition) is 1. The number of thioether (sulfide) groups is 1. The molecule has 0 aromatic heterocycles. The van der Waals surface area contributed by atoms with E-state index in [4.69, 9.17) is 11.0 Å². The summed E-state index contributed by atoms with van der Waals surface area (Å²) in [6, 6.07) is 2.00. The zero-order valence-corrected chi connectivity index (χ0v) is 8.64. The molecule has 74 valence electrons. The first-order chi connectivity index (χ1) is 6.22. The van der Waals surface area contributed by atoms with Gasteiger partial charge in [-0.3, -0.25) is 4.79 Å². The van der Waals surface area contributed by atoms with Gasteiger partial charge in [-0.2, -0.15) is 17.0 Å². The van der Waals surface area contributed by atoms with Crippen molar-refractivity contribution in [2.24, 2.45) is 5.73 Å². The summed E-state index contributed by atoms with van der Waals surface area (Å²) in [5.41, 5.74) is 5.28. The number of nitriles is 1. The van der Waals surface area contributed by atoms with Crippen LogP contribution in [0.2, 0.25) is 0 Å². The van der Waals surface area contributed by atoms with Gasteiger partial charge in [0.15, 0.2) is 0 Å². The van der Waals surface area contributed by atoms with E-state index in [0.29, 0.717) is 25.3 Å². The molecular weight excluding hydrogens is 186 g/mol. The van der Waals surface area contributed by atoms with E-state index in [9.17, 15) is 4.79 Å². The molecule has 0 aromatic rings. The van der Waals surface area contributed by atoms with Crippen molar-refractivity contribution in [1.82, 2.24) is 4.90 Å². The van der Waals surface area contributed by atoms with E-state index in [2.05, 4.69) is 0 Å². The third-order valence-corrected chi connectivity index (χ3v) is 2.45. The van der Waals surface area contributed by atoms with Crippen molar-refractivity contribution >= 4 is 17.7 Å². The third kappa shape index (κ3) is 6.43. The van der Waals surface area contributed by atoms with E-state index in [1.54, 1.807) is 11.9 Å². The molecule has 0 rings (SSSR count). The van der Waals surface area contributed by atoms with Crippen LogP contribution in [-0.4, -0.2) is 42.4 Å². The van der Waals surface area contributed by atoms with Crippen LogP contribution in [0.15, 0.2) is 0 Å². The lowest BCUT2D eigenvalue weighted by atomic mass is 10.4. The van der Waals surface area contributed by atoms with Gasteiger partial charge in [0.1, 0.15) is 0 Å². The first-order valence-electron chi connectivity index (χ1n) is 4.11. The minimum atomic E-state index is 0.0636. The molecule has 0 bridgehead atoms. The molecule has 0 radical (unpaired) electrons. The Morgan fingerprint density at radius 1 is 1.69 bits per heavy atom. The topological polar surface area (TPSA) is 70.1 Å². The summed E-state index contributed by atoms with van der Waals surface area (Å²) >= 11 is 1.52. The Balaban J connectivity index is 3.52. The van der Waals surface area contributed by atoms with E-state index in [1.807, 2.05) is 6.07 Å². The Labute approximate surface area is 83.1 Å². The lowest BCUT2D eigenvalue weighted by Gasteiger charge is -2.14. The molecular formula is C8H15N3OS. The van der Waals surface area contributed by atoms with Crippen molar-refractivity contribution in [1.29, 1.82) is 5.26 Å². The fraction of sp³-hybridized carbons (Fsp3) is 0.750. The van der Waals surface area contributed by atoms with Crippen LogP contribution in [-0.2, 0) is 4.79 Å². The van der Waals surface area contributed by atoms with E-state index in [0.717, 1.165) is 5.75 Å². The molecule has 2 N–H and O–H groups in total. The fourth-order valence-electron chi connectivity index (χ4n) is 0.695. The highest BCUT2D eigenvalue weighted by molar-refractivity contribution is 7.99. The van der Waals surface area contributed by atoms with Crippen molar-refractivity contribution in [3.8, 4) is 6.07 Å². The van der Waals surface area contributed by atoms with Gasteiger partial charge in [0.05, 0.1) is 18.2 Å². The average Bonchev–Trinajstić information content (AvgIpc) is 2.14. The van der Waals surface area contributed by atoms with Crippen molar-refractivity contribution < 1.29 is 4.79 Å². The van der Waals surface area contributed by atoms with Crippen LogP contribution in [0.3, 0.4) is 0 Å². The summed E-state index contributed by atoms with van der Waals surface area (Å²) in [6.07, 6.45) is 0.393. The first kappa shape index (κ1) is 12.3. The minimum absolute atomic E-state index is 0.0636. The van der Waals surface area contributed by atoms with Crippen LogP contribution >= 0.6 is 11.8 Å².